The predicted octanol–water partition coefficient (Wildman–Crippen LogP) is 2.11. The maximum absolute atomic E-state index is 13.4. The third kappa shape index (κ3) is 2.42. The monoisotopic (exact) mass is 284 g/mol. The van der Waals surface area contributed by atoms with Gasteiger partial charge in [-0.2, -0.15) is 0 Å². The summed E-state index contributed by atoms with van der Waals surface area (Å²) in [4.78, 5) is 25.5. The number of amides is 2. The van der Waals surface area contributed by atoms with Gasteiger partial charge in [0, 0.05) is 10.7 Å². The van der Waals surface area contributed by atoms with Crippen molar-refractivity contribution < 1.29 is 14.0 Å². The highest BCUT2D eigenvalue weighted by molar-refractivity contribution is 6.31. The van der Waals surface area contributed by atoms with Gasteiger partial charge in [0.15, 0.2) is 0 Å². The van der Waals surface area contributed by atoms with Crippen LogP contribution in [0.3, 0.4) is 0 Å². The molecule has 0 bridgehead atoms. The van der Waals surface area contributed by atoms with E-state index in [0.29, 0.717) is 0 Å². The minimum absolute atomic E-state index is 0.179. The number of rotatable bonds is 1. The topological polar surface area (TPSA) is 49.4 Å². The molecule has 1 aromatic carbocycles. The number of piperazine rings is 1. The van der Waals surface area contributed by atoms with Gasteiger partial charge in [-0.05, 0) is 39.0 Å². The van der Waals surface area contributed by atoms with Gasteiger partial charge in [0.1, 0.15) is 17.4 Å². The molecule has 0 spiro atoms. The van der Waals surface area contributed by atoms with Crippen LogP contribution in [0.1, 0.15) is 20.8 Å². The Balaban J connectivity index is 2.51. The van der Waals surface area contributed by atoms with Crippen LogP contribution in [0, 0.1) is 5.82 Å². The third-order valence-corrected chi connectivity index (χ3v) is 3.30. The van der Waals surface area contributed by atoms with E-state index in [0.717, 1.165) is 6.07 Å². The summed E-state index contributed by atoms with van der Waals surface area (Å²) in [6.07, 6.45) is 0. The van der Waals surface area contributed by atoms with E-state index in [1.807, 2.05) is 0 Å². The standard InChI is InChI=1S/C13H14ClFN2O2/c1-7-11(18)16-13(2,3)12(19)17(7)10-5-8(14)4-9(15)6-10/h4-7H,1-3H3,(H,16,18). The number of nitrogens with zero attached hydrogens (tertiary/aromatic N) is 1. The summed E-state index contributed by atoms with van der Waals surface area (Å²) in [6.45, 7) is 4.79. The highest BCUT2D eigenvalue weighted by atomic mass is 35.5. The number of nitrogens with one attached hydrogen (secondary N) is 1. The largest absolute Gasteiger partial charge is 0.340 e. The smallest absolute Gasteiger partial charge is 0.252 e. The zero-order valence-electron chi connectivity index (χ0n) is 10.8. The molecule has 1 aliphatic rings. The summed E-state index contributed by atoms with van der Waals surface area (Å²) >= 11 is 5.79. The van der Waals surface area contributed by atoms with E-state index < -0.39 is 17.4 Å². The van der Waals surface area contributed by atoms with E-state index >= 15 is 0 Å². The first kappa shape index (κ1) is 13.8. The summed E-state index contributed by atoms with van der Waals surface area (Å²) in [5.41, 5.74) is -0.743. The molecule has 0 aromatic heterocycles. The summed E-state index contributed by atoms with van der Waals surface area (Å²) in [6, 6.07) is 3.09. The van der Waals surface area contributed by atoms with Crippen molar-refractivity contribution >= 4 is 29.1 Å². The minimum atomic E-state index is -1.03. The molecule has 4 nitrogen and oxygen atoms in total. The fourth-order valence-electron chi connectivity index (χ4n) is 2.08. The van der Waals surface area contributed by atoms with E-state index in [1.54, 1.807) is 20.8 Å². The van der Waals surface area contributed by atoms with Gasteiger partial charge in [0.05, 0.1) is 0 Å². The van der Waals surface area contributed by atoms with Gasteiger partial charge >= 0.3 is 0 Å². The Hall–Kier alpha value is -1.62. The average molecular weight is 285 g/mol. The maximum atomic E-state index is 13.4. The molecule has 0 aliphatic carbocycles. The first-order valence-electron chi connectivity index (χ1n) is 5.84. The van der Waals surface area contributed by atoms with Crippen LogP contribution in [-0.2, 0) is 9.59 Å². The van der Waals surface area contributed by atoms with Crippen LogP contribution in [0.5, 0.6) is 0 Å². The Labute approximate surface area is 115 Å². The van der Waals surface area contributed by atoms with Gasteiger partial charge in [-0.25, -0.2) is 4.39 Å². The van der Waals surface area contributed by atoms with Crippen molar-refractivity contribution in [1.29, 1.82) is 0 Å². The normalized spacial score (nSPS) is 22.4. The molecule has 6 heteroatoms. The number of hydrogen-bond acceptors (Lipinski definition) is 2. The summed E-state index contributed by atoms with van der Waals surface area (Å²) in [5.74, 6) is -1.14. The van der Waals surface area contributed by atoms with E-state index in [9.17, 15) is 14.0 Å². The number of carbonyl (C=O) groups is 2. The van der Waals surface area contributed by atoms with Crippen LogP contribution < -0.4 is 10.2 Å². The average Bonchev–Trinajstić information content (AvgIpc) is 2.25. The number of hydrogen-bond donors (Lipinski definition) is 1. The SMILES string of the molecule is CC1C(=O)NC(C)(C)C(=O)N1c1cc(F)cc(Cl)c1. The fraction of sp³-hybridized carbons (Fsp3) is 0.385. The lowest BCUT2D eigenvalue weighted by Gasteiger charge is -2.41. The van der Waals surface area contributed by atoms with Crippen LogP contribution in [0.15, 0.2) is 18.2 Å². The molecule has 1 aromatic rings. The Morgan fingerprint density at radius 3 is 2.53 bits per heavy atom. The molecule has 1 saturated heterocycles. The predicted molar refractivity (Wildman–Crippen MR) is 70.6 cm³/mol. The first-order valence-corrected chi connectivity index (χ1v) is 6.22. The quantitative estimate of drug-likeness (QED) is 0.859. The van der Waals surface area contributed by atoms with Crippen molar-refractivity contribution in [1.82, 2.24) is 5.32 Å². The Kier molecular flexibility index (Phi) is 3.26. The van der Waals surface area contributed by atoms with Gasteiger partial charge in [-0.1, -0.05) is 11.6 Å². The Bertz CT molecular complexity index is 539. The third-order valence-electron chi connectivity index (χ3n) is 3.08. The van der Waals surface area contributed by atoms with E-state index in [1.165, 1.54) is 17.0 Å². The molecule has 1 atom stereocenters. The second-order valence-electron chi connectivity index (χ2n) is 5.09. The molecular formula is C13H14ClFN2O2. The van der Waals surface area contributed by atoms with Crippen molar-refractivity contribution in [2.45, 2.75) is 32.4 Å². The van der Waals surface area contributed by atoms with Crippen molar-refractivity contribution in [3.05, 3.63) is 29.0 Å². The van der Waals surface area contributed by atoms with Crippen molar-refractivity contribution in [2.75, 3.05) is 4.90 Å². The van der Waals surface area contributed by atoms with Crippen molar-refractivity contribution in [2.24, 2.45) is 0 Å². The molecular weight excluding hydrogens is 271 g/mol. The van der Waals surface area contributed by atoms with Crippen LogP contribution in [0.4, 0.5) is 10.1 Å². The molecule has 2 amide bonds. The molecule has 1 fully saturated rings. The van der Waals surface area contributed by atoms with Gasteiger partial charge in [0.25, 0.3) is 5.91 Å². The van der Waals surface area contributed by atoms with E-state index in [4.69, 9.17) is 11.6 Å². The minimum Gasteiger partial charge on any atom is -0.340 e. The number of carbonyl (C=O) groups excluding carboxylic acids is 2. The van der Waals surface area contributed by atoms with E-state index in [2.05, 4.69) is 5.32 Å². The zero-order valence-corrected chi connectivity index (χ0v) is 11.6. The van der Waals surface area contributed by atoms with Gasteiger partial charge < -0.3 is 5.32 Å². The highest BCUT2D eigenvalue weighted by Gasteiger charge is 2.44. The molecule has 0 saturated carbocycles. The summed E-state index contributed by atoms with van der Waals surface area (Å²) < 4.78 is 13.4. The first-order chi connectivity index (χ1) is 8.72. The summed E-state index contributed by atoms with van der Waals surface area (Å²) in [5, 5.41) is 2.81. The van der Waals surface area contributed by atoms with Gasteiger partial charge in [-0.15, -0.1) is 0 Å². The molecule has 19 heavy (non-hydrogen) atoms. The fourth-order valence-corrected chi connectivity index (χ4v) is 2.30. The second kappa shape index (κ2) is 4.49. The van der Waals surface area contributed by atoms with Crippen LogP contribution in [0.2, 0.25) is 5.02 Å². The molecule has 102 valence electrons. The zero-order chi connectivity index (χ0) is 14.4. The molecule has 1 aliphatic heterocycles. The van der Waals surface area contributed by atoms with Crippen LogP contribution in [0.25, 0.3) is 0 Å². The lowest BCUT2D eigenvalue weighted by atomic mass is 9.96. The van der Waals surface area contributed by atoms with Crippen molar-refractivity contribution in [3.63, 3.8) is 0 Å². The van der Waals surface area contributed by atoms with Crippen molar-refractivity contribution in [3.8, 4) is 0 Å². The molecule has 1 N–H and O–H groups in total. The summed E-state index contributed by atoms with van der Waals surface area (Å²) in [7, 11) is 0. The lowest BCUT2D eigenvalue weighted by molar-refractivity contribution is -0.136. The van der Waals surface area contributed by atoms with Crippen LogP contribution >= 0.6 is 11.6 Å². The lowest BCUT2D eigenvalue weighted by Crippen LogP contribution is -2.67. The van der Waals surface area contributed by atoms with E-state index in [-0.39, 0.29) is 22.5 Å². The maximum Gasteiger partial charge on any atom is 0.252 e. The number of halogens is 2. The second-order valence-corrected chi connectivity index (χ2v) is 5.53. The number of anilines is 1. The Morgan fingerprint density at radius 1 is 1.32 bits per heavy atom. The van der Waals surface area contributed by atoms with Crippen LogP contribution in [-0.4, -0.2) is 23.4 Å². The highest BCUT2D eigenvalue weighted by Crippen LogP contribution is 2.28. The molecule has 2 rings (SSSR count). The van der Waals surface area contributed by atoms with Gasteiger partial charge in [0.2, 0.25) is 5.91 Å². The number of benzene rings is 1. The molecule has 1 heterocycles. The Morgan fingerprint density at radius 2 is 1.95 bits per heavy atom. The molecule has 0 radical (unpaired) electrons. The van der Waals surface area contributed by atoms with Gasteiger partial charge in [-0.3, -0.25) is 14.5 Å². The molecule has 1 unspecified atom stereocenters.